The van der Waals surface area contributed by atoms with Gasteiger partial charge >= 0.3 is 5.97 Å². The molecule has 4 nitrogen and oxygen atoms in total. The molecule has 1 rings (SSSR count). The molecule has 1 aliphatic carbocycles. The van der Waals surface area contributed by atoms with E-state index in [9.17, 15) is 9.59 Å². The van der Waals surface area contributed by atoms with Crippen LogP contribution >= 0.6 is 0 Å². The minimum atomic E-state index is -0.790. The maximum atomic E-state index is 11.1. The Morgan fingerprint density at radius 1 is 1.33 bits per heavy atom. The van der Waals surface area contributed by atoms with Crippen molar-refractivity contribution in [2.24, 2.45) is 0 Å². The maximum Gasteiger partial charge on any atom is 0.304 e. The molecule has 1 fully saturated rings. The molecule has 4 heteroatoms. The zero-order valence-corrected chi connectivity index (χ0v) is 9.24. The molecular formula is C11H19NO3. The van der Waals surface area contributed by atoms with Crippen LogP contribution in [0.1, 0.15) is 39.0 Å². The Labute approximate surface area is 90.3 Å². The zero-order valence-electron chi connectivity index (χ0n) is 9.24. The Kier molecular flexibility index (Phi) is 4.75. The molecule has 86 valence electrons. The van der Waals surface area contributed by atoms with Crippen LogP contribution in [0.5, 0.6) is 0 Å². The first kappa shape index (κ1) is 12.2. The number of ketones is 1. The average molecular weight is 213 g/mol. The number of carboxylic acid groups (broad SMARTS) is 1. The van der Waals surface area contributed by atoms with Gasteiger partial charge in [-0.2, -0.15) is 0 Å². The van der Waals surface area contributed by atoms with E-state index in [1.165, 1.54) is 12.8 Å². The summed E-state index contributed by atoms with van der Waals surface area (Å²) < 4.78 is 0. The van der Waals surface area contributed by atoms with Gasteiger partial charge in [-0.3, -0.25) is 14.5 Å². The molecule has 1 saturated carbocycles. The molecule has 0 amide bonds. The van der Waals surface area contributed by atoms with Crippen molar-refractivity contribution in [3.8, 4) is 0 Å². The second-order valence-electron chi connectivity index (χ2n) is 4.25. The van der Waals surface area contributed by atoms with E-state index in [1.807, 2.05) is 4.90 Å². The lowest BCUT2D eigenvalue weighted by molar-refractivity contribution is -0.137. The van der Waals surface area contributed by atoms with Crippen LogP contribution in [-0.2, 0) is 9.59 Å². The van der Waals surface area contributed by atoms with Crippen molar-refractivity contribution >= 4 is 11.8 Å². The highest BCUT2D eigenvalue weighted by Crippen LogP contribution is 2.23. The van der Waals surface area contributed by atoms with Gasteiger partial charge in [-0.1, -0.05) is 12.8 Å². The molecule has 1 aliphatic rings. The van der Waals surface area contributed by atoms with Crippen LogP contribution in [-0.4, -0.2) is 40.9 Å². The number of nitrogens with zero attached hydrogens (tertiary/aromatic N) is 1. The predicted octanol–water partition coefficient (Wildman–Crippen LogP) is 1.29. The summed E-state index contributed by atoms with van der Waals surface area (Å²) in [5, 5.41) is 8.63. The fraction of sp³-hybridized carbons (Fsp3) is 0.818. The highest BCUT2D eigenvalue weighted by atomic mass is 16.4. The first-order chi connectivity index (χ1) is 7.09. The Morgan fingerprint density at radius 3 is 2.40 bits per heavy atom. The first-order valence-corrected chi connectivity index (χ1v) is 5.55. The van der Waals surface area contributed by atoms with E-state index in [2.05, 4.69) is 0 Å². The van der Waals surface area contributed by atoms with Gasteiger partial charge < -0.3 is 5.11 Å². The largest absolute Gasteiger partial charge is 0.481 e. The van der Waals surface area contributed by atoms with Crippen LogP contribution in [0.3, 0.4) is 0 Å². The number of carboxylic acids is 1. The molecular weight excluding hydrogens is 194 g/mol. The second kappa shape index (κ2) is 5.85. The molecule has 0 aromatic rings. The normalized spacial score (nSPS) is 17.2. The van der Waals surface area contributed by atoms with E-state index in [1.54, 1.807) is 6.92 Å². The monoisotopic (exact) mass is 213 g/mol. The molecule has 0 heterocycles. The smallest absolute Gasteiger partial charge is 0.304 e. The van der Waals surface area contributed by atoms with Crippen LogP contribution in [0.2, 0.25) is 0 Å². The number of carbonyl (C=O) groups excluding carboxylic acids is 1. The van der Waals surface area contributed by atoms with Crippen molar-refractivity contribution < 1.29 is 14.7 Å². The van der Waals surface area contributed by atoms with Gasteiger partial charge in [0.15, 0.2) is 0 Å². The van der Waals surface area contributed by atoms with E-state index >= 15 is 0 Å². The standard InChI is InChI=1S/C11H19NO3/c1-9(13)8-12(7-6-11(14)15)10-4-2-3-5-10/h10H,2-8H2,1H3,(H,14,15). The molecule has 0 radical (unpaired) electrons. The minimum Gasteiger partial charge on any atom is -0.481 e. The van der Waals surface area contributed by atoms with Crippen LogP contribution in [0.15, 0.2) is 0 Å². The minimum absolute atomic E-state index is 0.118. The van der Waals surface area contributed by atoms with Gasteiger partial charge in [0.1, 0.15) is 5.78 Å². The zero-order chi connectivity index (χ0) is 11.3. The lowest BCUT2D eigenvalue weighted by Crippen LogP contribution is -2.38. The lowest BCUT2D eigenvalue weighted by Gasteiger charge is -2.26. The average Bonchev–Trinajstić information content (AvgIpc) is 2.63. The van der Waals surface area contributed by atoms with Crippen LogP contribution in [0, 0.1) is 0 Å². The Bertz CT molecular complexity index is 234. The van der Waals surface area contributed by atoms with Crippen molar-refractivity contribution in [2.45, 2.75) is 45.1 Å². The Hall–Kier alpha value is -0.900. The van der Waals surface area contributed by atoms with Crippen LogP contribution in [0.25, 0.3) is 0 Å². The van der Waals surface area contributed by atoms with Crippen molar-refractivity contribution in [3.63, 3.8) is 0 Å². The summed E-state index contributed by atoms with van der Waals surface area (Å²) in [4.78, 5) is 23.6. The predicted molar refractivity (Wildman–Crippen MR) is 56.8 cm³/mol. The molecule has 0 aliphatic heterocycles. The molecule has 0 spiro atoms. The molecule has 0 unspecified atom stereocenters. The molecule has 0 atom stereocenters. The van der Waals surface area contributed by atoms with Crippen LogP contribution in [0.4, 0.5) is 0 Å². The fourth-order valence-electron chi connectivity index (χ4n) is 2.19. The number of rotatable bonds is 6. The van der Waals surface area contributed by atoms with Gasteiger partial charge in [-0.05, 0) is 19.8 Å². The highest BCUT2D eigenvalue weighted by molar-refractivity contribution is 5.77. The Morgan fingerprint density at radius 2 is 1.93 bits per heavy atom. The summed E-state index contributed by atoms with van der Waals surface area (Å²) in [6.45, 7) is 2.46. The van der Waals surface area contributed by atoms with E-state index in [0.29, 0.717) is 19.1 Å². The number of hydrogen-bond acceptors (Lipinski definition) is 3. The third-order valence-corrected chi connectivity index (χ3v) is 2.88. The van der Waals surface area contributed by atoms with Crippen molar-refractivity contribution in [1.82, 2.24) is 4.90 Å². The molecule has 0 bridgehead atoms. The number of carbonyl (C=O) groups is 2. The van der Waals surface area contributed by atoms with Gasteiger partial charge in [-0.25, -0.2) is 0 Å². The number of Topliss-reactive ketones (excluding diaryl/α,β-unsaturated/α-hetero) is 1. The van der Waals surface area contributed by atoms with E-state index < -0.39 is 5.97 Å². The second-order valence-corrected chi connectivity index (χ2v) is 4.25. The quantitative estimate of drug-likeness (QED) is 0.722. The molecule has 15 heavy (non-hydrogen) atoms. The van der Waals surface area contributed by atoms with Crippen molar-refractivity contribution in [3.05, 3.63) is 0 Å². The van der Waals surface area contributed by atoms with E-state index in [0.717, 1.165) is 12.8 Å². The van der Waals surface area contributed by atoms with E-state index in [-0.39, 0.29) is 12.2 Å². The highest BCUT2D eigenvalue weighted by Gasteiger charge is 2.23. The van der Waals surface area contributed by atoms with Gasteiger partial charge in [-0.15, -0.1) is 0 Å². The van der Waals surface area contributed by atoms with Gasteiger partial charge in [0.05, 0.1) is 13.0 Å². The topological polar surface area (TPSA) is 57.6 Å². The molecule has 0 aromatic heterocycles. The summed E-state index contributed by atoms with van der Waals surface area (Å²) in [6.07, 6.45) is 4.74. The van der Waals surface area contributed by atoms with Gasteiger partial charge in [0.25, 0.3) is 0 Å². The fourth-order valence-corrected chi connectivity index (χ4v) is 2.19. The first-order valence-electron chi connectivity index (χ1n) is 5.55. The van der Waals surface area contributed by atoms with Gasteiger partial charge in [0.2, 0.25) is 0 Å². The summed E-state index contributed by atoms with van der Waals surface area (Å²) in [5.41, 5.74) is 0. The Balaban J connectivity index is 2.43. The lowest BCUT2D eigenvalue weighted by atomic mass is 10.2. The SMILES string of the molecule is CC(=O)CN(CCC(=O)O)C1CCCC1. The number of hydrogen-bond donors (Lipinski definition) is 1. The molecule has 0 aromatic carbocycles. The van der Waals surface area contributed by atoms with Crippen LogP contribution < -0.4 is 0 Å². The van der Waals surface area contributed by atoms with E-state index in [4.69, 9.17) is 5.11 Å². The third-order valence-electron chi connectivity index (χ3n) is 2.88. The maximum absolute atomic E-state index is 11.1. The summed E-state index contributed by atoms with van der Waals surface area (Å²) in [6, 6.07) is 0.424. The summed E-state index contributed by atoms with van der Waals surface area (Å²) in [7, 11) is 0. The van der Waals surface area contributed by atoms with Gasteiger partial charge in [0, 0.05) is 12.6 Å². The molecule has 1 N–H and O–H groups in total. The summed E-state index contributed by atoms with van der Waals surface area (Å²) >= 11 is 0. The summed E-state index contributed by atoms with van der Waals surface area (Å²) in [5.74, 6) is -0.672. The molecule has 0 saturated heterocycles. The number of aliphatic carboxylic acids is 1. The van der Waals surface area contributed by atoms with Crippen molar-refractivity contribution in [1.29, 1.82) is 0 Å². The third kappa shape index (κ3) is 4.42. The van der Waals surface area contributed by atoms with Crippen molar-refractivity contribution in [2.75, 3.05) is 13.1 Å².